The van der Waals surface area contributed by atoms with E-state index >= 15 is 0 Å². The van der Waals surface area contributed by atoms with Gasteiger partial charge in [-0.25, -0.2) is 0 Å². The van der Waals surface area contributed by atoms with Crippen molar-refractivity contribution < 1.29 is 9.84 Å². The van der Waals surface area contributed by atoms with Crippen molar-refractivity contribution in [3.8, 4) is 0 Å². The van der Waals surface area contributed by atoms with E-state index in [9.17, 15) is 0 Å². The van der Waals surface area contributed by atoms with Crippen molar-refractivity contribution in [3.63, 3.8) is 0 Å². The Bertz CT molecular complexity index is 100. The van der Waals surface area contributed by atoms with E-state index in [-0.39, 0.29) is 6.10 Å². The lowest BCUT2D eigenvalue weighted by atomic mass is 10.2. The van der Waals surface area contributed by atoms with E-state index in [1.165, 1.54) is 0 Å². The van der Waals surface area contributed by atoms with Crippen LogP contribution in [0.1, 0.15) is 19.8 Å². The van der Waals surface area contributed by atoms with E-state index in [1.807, 2.05) is 6.92 Å². The van der Waals surface area contributed by atoms with E-state index in [2.05, 4.69) is 5.32 Å². The molecular formula is C8H17NO2. The van der Waals surface area contributed by atoms with Gasteiger partial charge >= 0.3 is 0 Å². The molecule has 0 aromatic carbocycles. The molecule has 1 aliphatic rings. The molecule has 1 heterocycles. The predicted octanol–water partition coefficient (Wildman–Crippen LogP) is 0.136. The molecule has 0 aromatic heterocycles. The average Bonchev–Trinajstić information content (AvgIpc) is 2.39. The zero-order valence-corrected chi connectivity index (χ0v) is 7.05. The van der Waals surface area contributed by atoms with Crippen LogP contribution in [0.4, 0.5) is 0 Å². The lowest BCUT2D eigenvalue weighted by molar-refractivity contribution is 0.175. The summed E-state index contributed by atoms with van der Waals surface area (Å²) in [7, 11) is 0. The van der Waals surface area contributed by atoms with Gasteiger partial charge in [-0.15, -0.1) is 0 Å². The van der Waals surface area contributed by atoms with Crippen LogP contribution in [0, 0.1) is 0 Å². The number of aliphatic hydroxyl groups is 1. The molecule has 0 aliphatic carbocycles. The highest BCUT2D eigenvalue weighted by Crippen LogP contribution is 2.02. The van der Waals surface area contributed by atoms with Crippen LogP contribution in [0.3, 0.4) is 0 Å². The Balaban J connectivity index is 1.94. The minimum absolute atomic E-state index is 0.190. The molecule has 0 radical (unpaired) electrons. The Morgan fingerprint density at radius 3 is 3.09 bits per heavy atom. The topological polar surface area (TPSA) is 41.5 Å². The average molecular weight is 159 g/mol. The number of aliphatic hydroxyl groups excluding tert-OH is 1. The fraction of sp³-hybridized carbons (Fsp3) is 1.00. The third-order valence-electron chi connectivity index (χ3n) is 1.92. The normalized spacial score (nSPS) is 27.3. The van der Waals surface area contributed by atoms with E-state index < -0.39 is 0 Å². The second kappa shape index (κ2) is 4.70. The maximum absolute atomic E-state index is 8.96. The van der Waals surface area contributed by atoms with Gasteiger partial charge in [0, 0.05) is 12.6 Å². The van der Waals surface area contributed by atoms with Crippen molar-refractivity contribution in [2.75, 3.05) is 19.8 Å². The second-order valence-electron chi connectivity index (χ2n) is 3.15. The molecule has 66 valence electrons. The highest BCUT2D eigenvalue weighted by Gasteiger charge is 2.13. The summed E-state index contributed by atoms with van der Waals surface area (Å²) in [5, 5.41) is 12.3. The highest BCUT2D eigenvalue weighted by molar-refractivity contribution is 4.70. The monoisotopic (exact) mass is 159 g/mol. The summed E-state index contributed by atoms with van der Waals surface area (Å²) in [5.74, 6) is 0. The molecule has 0 saturated carbocycles. The standard InChI is InChI=1S/C8H17NO2/c1-7(10)2-4-9-8-3-5-11-6-8/h7-10H,2-6H2,1H3. The zero-order valence-electron chi connectivity index (χ0n) is 7.05. The second-order valence-corrected chi connectivity index (χ2v) is 3.15. The van der Waals surface area contributed by atoms with Crippen molar-refractivity contribution in [2.24, 2.45) is 0 Å². The first-order chi connectivity index (χ1) is 5.29. The molecule has 11 heavy (non-hydrogen) atoms. The van der Waals surface area contributed by atoms with Crippen LogP contribution in [-0.4, -0.2) is 37.0 Å². The van der Waals surface area contributed by atoms with Crippen molar-refractivity contribution >= 4 is 0 Å². The van der Waals surface area contributed by atoms with Gasteiger partial charge in [0.15, 0.2) is 0 Å². The van der Waals surface area contributed by atoms with E-state index in [0.29, 0.717) is 6.04 Å². The zero-order chi connectivity index (χ0) is 8.10. The van der Waals surface area contributed by atoms with Gasteiger partial charge in [0.2, 0.25) is 0 Å². The molecular weight excluding hydrogens is 142 g/mol. The lowest BCUT2D eigenvalue weighted by Gasteiger charge is -2.10. The highest BCUT2D eigenvalue weighted by atomic mass is 16.5. The molecule has 1 saturated heterocycles. The predicted molar refractivity (Wildman–Crippen MR) is 43.5 cm³/mol. The Morgan fingerprint density at radius 1 is 1.73 bits per heavy atom. The Kier molecular flexibility index (Phi) is 3.83. The lowest BCUT2D eigenvalue weighted by Crippen LogP contribution is -2.31. The maximum atomic E-state index is 8.96. The molecule has 1 rings (SSSR count). The van der Waals surface area contributed by atoms with Crippen LogP contribution in [0.5, 0.6) is 0 Å². The van der Waals surface area contributed by atoms with E-state index in [4.69, 9.17) is 9.84 Å². The molecule has 1 aliphatic heterocycles. The smallest absolute Gasteiger partial charge is 0.0620 e. The first-order valence-corrected chi connectivity index (χ1v) is 4.28. The summed E-state index contributed by atoms with van der Waals surface area (Å²) >= 11 is 0. The third-order valence-corrected chi connectivity index (χ3v) is 1.92. The summed E-state index contributed by atoms with van der Waals surface area (Å²) in [6.07, 6.45) is 1.75. The van der Waals surface area contributed by atoms with Gasteiger partial charge in [-0.2, -0.15) is 0 Å². The van der Waals surface area contributed by atoms with Crippen molar-refractivity contribution in [1.82, 2.24) is 5.32 Å². The van der Waals surface area contributed by atoms with Crippen LogP contribution in [0.15, 0.2) is 0 Å². The van der Waals surface area contributed by atoms with E-state index in [0.717, 1.165) is 32.6 Å². The molecule has 3 heteroatoms. The van der Waals surface area contributed by atoms with Crippen molar-refractivity contribution in [3.05, 3.63) is 0 Å². The van der Waals surface area contributed by atoms with E-state index in [1.54, 1.807) is 0 Å². The molecule has 1 fully saturated rings. The van der Waals surface area contributed by atoms with Gasteiger partial charge < -0.3 is 15.2 Å². The molecule has 2 unspecified atom stereocenters. The summed E-state index contributed by atoms with van der Waals surface area (Å²) < 4.78 is 5.19. The minimum Gasteiger partial charge on any atom is -0.393 e. The van der Waals surface area contributed by atoms with Gasteiger partial charge in [0.05, 0.1) is 12.7 Å². The van der Waals surface area contributed by atoms with Crippen LogP contribution in [0.2, 0.25) is 0 Å². The largest absolute Gasteiger partial charge is 0.393 e. The fourth-order valence-corrected chi connectivity index (χ4v) is 1.19. The van der Waals surface area contributed by atoms with Gasteiger partial charge in [0.25, 0.3) is 0 Å². The summed E-state index contributed by atoms with van der Waals surface area (Å²) in [5.41, 5.74) is 0. The quantitative estimate of drug-likeness (QED) is 0.613. The minimum atomic E-state index is -0.190. The van der Waals surface area contributed by atoms with Crippen molar-refractivity contribution in [1.29, 1.82) is 0 Å². The van der Waals surface area contributed by atoms with Gasteiger partial charge in [0.1, 0.15) is 0 Å². The number of hydrogen-bond donors (Lipinski definition) is 2. The van der Waals surface area contributed by atoms with Crippen LogP contribution >= 0.6 is 0 Å². The Labute approximate surface area is 67.7 Å². The summed E-state index contributed by atoms with van der Waals surface area (Å²) in [4.78, 5) is 0. The molecule has 0 amide bonds. The summed E-state index contributed by atoms with van der Waals surface area (Å²) in [6, 6.07) is 0.522. The van der Waals surface area contributed by atoms with Crippen molar-refractivity contribution in [2.45, 2.75) is 31.9 Å². The number of hydrogen-bond acceptors (Lipinski definition) is 3. The van der Waals surface area contributed by atoms with Gasteiger partial charge in [-0.05, 0) is 26.3 Å². The SMILES string of the molecule is CC(O)CCNC1CCOC1. The maximum Gasteiger partial charge on any atom is 0.0620 e. The molecule has 2 atom stereocenters. The first-order valence-electron chi connectivity index (χ1n) is 4.28. The summed E-state index contributed by atoms with van der Waals surface area (Å²) in [6.45, 7) is 4.42. The number of nitrogens with one attached hydrogen (secondary N) is 1. The first kappa shape index (κ1) is 8.97. The fourth-order valence-electron chi connectivity index (χ4n) is 1.19. The Hall–Kier alpha value is -0.120. The molecule has 0 spiro atoms. The Morgan fingerprint density at radius 2 is 2.55 bits per heavy atom. The molecule has 0 aromatic rings. The van der Waals surface area contributed by atoms with Gasteiger partial charge in [-0.3, -0.25) is 0 Å². The number of rotatable bonds is 4. The molecule has 3 nitrogen and oxygen atoms in total. The molecule has 2 N–H and O–H groups in total. The van der Waals surface area contributed by atoms with Crippen LogP contribution in [-0.2, 0) is 4.74 Å². The molecule has 0 bridgehead atoms. The third kappa shape index (κ3) is 3.70. The van der Waals surface area contributed by atoms with Crippen LogP contribution < -0.4 is 5.32 Å². The van der Waals surface area contributed by atoms with Crippen LogP contribution in [0.25, 0.3) is 0 Å². The van der Waals surface area contributed by atoms with Gasteiger partial charge in [-0.1, -0.05) is 0 Å². The number of ether oxygens (including phenoxy) is 1.